The summed E-state index contributed by atoms with van der Waals surface area (Å²) < 4.78 is 11.7. The maximum atomic E-state index is 13.0. The summed E-state index contributed by atoms with van der Waals surface area (Å²) in [6.07, 6.45) is 0.0447. The number of rotatable bonds is 10. The molecule has 0 spiro atoms. The lowest BCUT2D eigenvalue weighted by Crippen LogP contribution is -2.11. The van der Waals surface area contributed by atoms with E-state index in [1.54, 1.807) is 71.0 Å². The number of ether oxygens (including phenoxy) is 2. The highest BCUT2D eigenvalue weighted by Gasteiger charge is 2.15. The topological polar surface area (TPSA) is 108 Å². The first kappa shape index (κ1) is 26.1. The Morgan fingerprint density at radius 3 is 2.43 bits per heavy atom. The van der Waals surface area contributed by atoms with E-state index in [1.165, 1.54) is 10.3 Å². The van der Waals surface area contributed by atoms with Crippen molar-refractivity contribution >= 4 is 56.2 Å². The van der Waals surface area contributed by atoms with Gasteiger partial charge in [0.15, 0.2) is 0 Å². The SMILES string of the molecule is O=C(CCC[N+](=O)[O-])Oc1cccc(Nc2ccccc2C(=O)Oc2ccc(-c3cc(=S)ss3)cc2)c1. The molecule has 4 aromatic rings. The smallest absolute Gasteiger partial charge is 0.345 e. The molecule has 0 radical (unpaired) electrons. The Balaban J connectivity index is 1.42. The van der Waals surface area contributed by atoms with Gasteiger partial charge in [0.2, 0.25) is 6.54 Å². The number of para-hydroxylation sites is 1. The van der Waals surface area contributed by atoms with Gasteiger partial charge < -0.3 is 14.8 Å². The van der Waals surface area contributed by atoms with Crippen LogP contribution in [0.3, 0.4) is 0 Å². The largest absolute Gasteiger partial charge is 0.426 e. The van der Waals surface area contributed by atoms with Gasteiger partial charge in [-0.05, 0) is 60.2 Å². The van der Waals surface area contributed by atoms with Gasteiger partial charge in [-0.2, -0.15) is 0 Å². The zero-order valence-electron chi connectivity index (χ0n) is 19.2. The predicted octanol–water partition coefficient (Wildman–Crippen LogP) is 7.13. The van der Waals surface area contributed by atoms with E-state index in [2.05, 4.69) is 5.32 Å². The van der Waals surface area contributed by atoms with Crippen molar-refractivity contribution in [1.82, 2.24) is 0 Å². The zero-order chi connectivity index (χ0) is 26.2. The molecule has 0 fully saturated rings. The van der Waals surface area contributed by atoms with Gasteiger partial charge in [-0.15, -0.1) is 0 Å². The third kappa shape index (κ3) is 7.53. The summed E-state index contributed by atoms with van der Waals surface area (Å²) in [5.41, 5.74) is 2.41. The maximum absolute atomic E-state index is 13.0. The van der Waals surface area contributed by atoms with Crippen LogP contribution < -0.4 is 14.8 Å². The molecule has 8 nitrogen and oxygen atoms in total. The third-order valence-corrected chi connectivity index (χ3v) is 7.94. The van der Waals surface area contributed by atoms with E-state index in [0.717, 1.165) is 14.3 Å². The molecule has 0 saturated carbocycles. The minimum Gasteiger partial charge on any atom is -0.426 e. The highest BCUT2D eigenvalue weighted by molar-refractivity contribution is 7.80. The van der Waals surface area contributed by atoms with Gasteiger partial charge in [-0.25, -0.2) is 4.79 Å². The third-order valence-electron chi connectivity index (χ3n) is 5.03. The summed E-state index contributed by atoms with van der Waals surface area (Å²) in [7, 11) is 3.14. The van der Waals surface area contributed by atoms with Crippen LogP contribution in [0.2, 0.25) is 0 Å². The molecule has 0 bridgehead atoms. The van der Waals surface area contributed by atoms with Crippen LogP contribution in [0.25, 0.3) is 10.4 Å². The van der Waals surface area contributed by atoms with Crippen LogP contribution >= 0.6 is 32.9 Å². The van der Waals surface area contributed by atoms with E-state index in [-0.39, 0.29) is 25.1 Å². The highest BCUT2D eigenvalue weighted by Crippen LogP contribution is 2.31. The van der Waals surface area contributed by atoms with Crippen molar-refractivity contribution in [3.8, 4) is 21.9 Å². The molecular weight excluding hydrogens is 532 g/mol. The molecule has 0 aliphatic carbocycles. The number of benzene rings is 3. The van der Waals surface area contributed by atoms with E-state index < -0.39 is 16.9 Å². The molecule has 1 N–H and O–H groups in total. The Hall–Kier alpha value is -3.93. The fourth-order valence-electron chi connectivity index (χ4n) is 3.32. The fraction of sp³-hybridized carbons (Fsp3) is 0.115. The van der Waals surface area contributed by atoms with Gasteiger partial charge in [0.05, 0.1) is 17.7 Å². The zero-order valence-corrected chi connectivity index (χ0v) is 21.7. The number of hydrogen-bond acceptors (Lipinski definition) is 10. The Kier molecular flexibility index (Phi) is 8.72. The fourth-order valence-corrected chi connectivity index (χ4v) is 5.72. The normalized spacial score (nSPS) is 10.5. The molecule has 4 rings (SSSR count). The Labute approximate surface area is 224 Å². The van der Waals surface area contributed by atoms with Crippen molar-refractivity contribution in [2.24, 2.45) is 0 Å². The van der Waals surface area contributed by atoms with Gasteiger partial charge >= 0.3 is 11.9 Å². The second-order valence-corrected chi connectivity index (χ2v) is 10.7. The standard InChI is InChI=1S/C26H20N2O6S3/c29-24(9-4-14-28(31)32)33-20-6-3-5-18(15-20)27-22-8-2-1-7-21(22)26(30)34-19-12-10-17(11-13-19)23-16-25(35)37-36-23/h1-3,5-8,10-13,15-16,27H,4,9,14H2. The number of nitrogens with one attached hydrogen (secondary N) is 1. The molecule has 0 aliphatic rings. The van der Waals surface area contributed by atoms with Crippen molar-refractivity contribution in [3.63, 3.8) is 0 Å². The number of anilines is 2. The molecule has 3 aromatic carbocycles. The number of carbonyl (C=O) groups is 2. The summed E-state index contributed by atoms with van der Waals surface area (Å²) in [4.78, 5) is 35.9. The van der Waals surface area contributed by atoms with E-state index >= 15 is 0 Å². The van der Waals surface area contributed by atoms with Crippen LogP contribution in [0.1, 0.15) is 23.2 Å². The Bertz CT molecular complexity index is 1480. The van der Waals surface area contributed by atoms with Gasteiger partial charge in [-0.1, -0.05) is 51.1 Å². The molecule has 1 heterocycles. The van der Waals surface area contributed by atoms with Crippen molar-refractivity contribution in [3.05, 3.63) is 98.4 Å². The molecule has 1 aromatic heterocycles. The molecule has 0 saturated heterocycles. The lowest BCUT2D eigenvalue weighted by Gasteiger charge is -2.13. The lowest BCUT2D eigenvalue weighted by molar-refractivity contribution is -0.480. The van der Waals surface area contributed by atoms with Gasteiger partial charge in [-0.3, -0.25) is 14.9 Å². The number of nitro groups is 1. The van der Waals surface area contributed by atoms with Crippen molar-refractivity contribution < 1.29 is 24.0 Å². The minimum absolute atomic E-state index is 0.0584. The number of nitrogens with zero attached hydrogens (tertiary/aromatic N) is 1. The number of hydrogen-bond donors (Lipinski definition) is 1. The molecule has 188 valence electrons. The minimum atomic E-state index is -0.557. The molecule has 0 atom stereocenters. The second-order valence-electron chi connectivity index (χ2n) is 7.74. The summed E-state index contributed by atoms with van der Waals surface area (Å²) in [5.74, 6) is -0.395. The molecule has 37 heavy (non-hydrogen) atoms. The Morgan fingerprint density at radius 1 is 0.919 bits per heavy atom. The van der Waals surface area contributed by atoms with Crippen LogP contribution in [0, 0.1) is 13.9 Å². The van der Waals surface area contributed by atoms with E-state index in [0.29, 0.717) is 22.7 Å². The first-order chi connectivity index (χ1) is 17.9. The van der Waals surface area contributed by atoms with Crippen LogP contribution in [0.15, 0.2) is 78.9 Å². The van der Waals surface area contributed by atoms with Crippen molar-refractivity contribution in [2.45, 2.75) is 12.8 Å². The summed E-state index contributed by atoms with van der Waals surface area (Å²) in [6.45, 7) is -0.293. The molecule has 0 amide bonds. The summed E-state index contributed by atoms with van der Waals surface area (Å²) in [5, 5.41) is 13.6. The average molecular weight is 553 g/mol. The monoisotopic (exact) mass is 552 g/mol. The Morgan fingerprint density at radius 2 is 1.70 bits per heavy atom. The van der Waals surface area contributed by atoms with Gasteiger partial charge in [0.1, 0.15) is 15.3 Å². The first-order valence-electron chi connectivity index (χ1n) is 11.1. The van der Waals surface area contributed by atoms with Gasteiger partial charge in [0.25, 0.3) is 0 Å². The second kappa shape index (κ2) is 12.3. The number of esters is 2. The van der Waals surface area contributed by atoms with Crippen molar-refractivity contribution in [2.75, 3.05) is 11.9 Å². The lowest BCUT2D eigenvalue weighted by atomic mass is 10.1. The van der Waals surface area contributed by atoms with E-state index in [1.807, 2.05) is 18.2 Å². The average Bonchev–Trinajstić information content (AvgIpc) is 3.31. The maximum Gasteiger partial charge on any atom is 0.345 e. The summed E-state index contributed by atoms with van der Waals surface area (Å²) >= 11 is 5.19. The molecule has 0 unspecified atom stereocenters. The van der Waals surface area contributed by atoms with Crippen molar-refractivity contribution in [1.29, 1.82) is 0 Å². The molecule has 11 heteroatoms. The molecule has 0 aliphatic heterocycles. The first-order valence-corrected chi connectivity index (χ1v) is 13.6. The van der Waals surface area contributed by atoms with Crippen LogP contribution in [0.5, 0.6) is 11.5 Å². The quantitative estimate of drug-likeness (QED) is 0.0553. The van der Waals surface area contributed by atoms with Crippen LogP contribution in [-0.2, 0) is 4.79 Å². The molecular formula is C26H20N2O6S3. The van der Waals surface area contributed by atoms with Crippen LogP contribution in [0.4, 0.5) is 11.4 Å². The van der Waals surface area contributed by atoms with Crippen LogP contribution in [-0.4, -0.2) is 23.4 Å². The van der Waals surface area contributed by atoms with E-state index in [9.17, 15) is 19.7 Å². The van der Waals surface area contributed by atoms with Gasteiger partial charge in [0, 0.05) is 28.0 Å². The highest BCUT2D eigenvalue weighted by atomic mass is 32.9. The summed E-state index contributed by atoms with van der Waals surface area (Å²) in [6, 6.07) is 22.7. The predicted molar refractivity (Wildman–Crippen MR) is 146 cm³/mol. The van der Waals surface area contributed by atoms with E-state index in [4.69, 9.17) is 21.7 Å². The number of carbonyl (C=O) groups excluding carboxylic acids is 2.